The van der Waals surface area contributed by atoms with Crippen molar-refractivity contribution in [3.63, 3.8) is 0 Å². The second kappa shape index (κ2) is 10.9. The normalized spacial score (nSPS) is 17.0. The number of nitrogens with one attached hydrogen (secondary N) is 2. The van der Waals surface area contributed by atoms with Crippen molar-refractivity contribution in [3.8, 4) is 0 Å². The van der Waals surface area contributed by atoms with Gasteiger partial charge in [0.1, 0.15) is 12.2 Å². The number of nitrogens with zero attached hydrogens (tertiary/aromatic N) is 5. The van der Waals surface area contributed by atoms with E-state index in [1.165, 1.54) is 0 Å². The highest BCUT2D eigenvalue weighted by molar-refractivity contribution is 7.70. The molecule has 0 spiro atoms. The molecule has 0 amide bonds. The highest BCUT2D eigenvalue weighted by Crippen LogP contribution is 2.38. The first-order valence-electron chi connectivity index (χ1n) is 11.3. The third-order valence-electron chi connectivity index (χ3n) is 5.81. The molecule has 1 fully saturated rings. The lowest BCUT2D eigenvalue weighted by atomic mass is 10.1. The van der Waals surface area contributed by atoms with Crippen LogP contribution in [-0.4, -0.2) is 71.3 Å². The van der Waals surface area contributed by atoms with E-state index >= 15 is 0 Å². The molecule has 1 aliphatic rings. The molecule has 1 unspecified atom stereocenters. The van der Waals surface area contributed by atoms with E-state index in [9.17, 15) is 4.57 Å². The fourth-order valence-corrected chi connectivity index (χ4v) is 5.39. The summed E-state index contributed by atoms with van der Waals surface area (Å²) in [5.41, 5.74) is 1.51. The molecule has 1 atom stereocenters. The number of halogens is 1. The van der Waals surface area contributed by atoms with Crippen molar-refractivity contribution >= 4 is 47.2 Å². The van der Waals surface area contributed by atoms with Crippen molar-refractivity contribution in [3.05, 3.63) is 47.9 Å². The first-order chi connectivity index (χ1) is 16.3. The fraction of sp³-hybridized carbons (Fsp3) is 0.435. The van der Waals surface area contributed by atoms with Crippen LogP contribution in [0.4, 0.5) is 23.1 Å². The summed E-state index contributed by atoms with van der Waals surface area (Å²) in [6.45, 7) is 7.19. The molecule has 34 heavy (non-hydrogen) atoms. The fourth-order valence-electron chi connectivity index (χ4n) is 4.09. The number of para-hydroxylation sites is 1. The molecule has 9 nitrogen and oxygen atoms in total. The zero-order valence-electron chi connectivity index (χ0n) is 19.7. The maximum absolute atomic E-state index is 12.7. The van der Waals surface area contributed by atoms with Crippen LogP contribution in [0.15, 0.2) is 42.9 Å². The molecule has 1 saturated heterocycles. The molecule has 4 rings (SSSR count). The lowest BCUT2D eigenvalue weighted by Crippen LogP contribution is -2.38. The lowest BCUT2D eigenvalue weighted by molar-refractivity contribution is 0.113. The van der Waals surface area contributed by atoms with E-state index in [2.05, 4.69) is 30.6 Å². The van der Waals surface area contributed by atoms with Crippen LogP contribution < -0.4 is 15.9 Å². The van der Waals surface area contributed by atoms with E-state index in [0.717, 1.165) is 50.1 Å². The molecular formula is C23H31ClN7O2P. The summed E-state index contributed by atoms with van der Waals surface area (Å²) < 4.78 is 19.9. The standard InChI is InChI=1S/C23H31ClN7O2P/c1-33-12-11-30-10-6-7-18(16-30)31-15-17(13-26-31)27-23-25-14-19(24)22(29-23)28-20-8-4-5-9-21(20)34(2,3)32/h4-5,8-9,13-15,18H,6-7,10-12,16H2,1-3H3,(H2,25,27,28,29). The van der Waals surface area contributed by atoms with Crippen molar-refractivity contribution in [1.82, 2.24) is 24.6 Å². The molecule has 182 valence electrons. The molecule has 3 heterocycles. The maximum atomic E-state index is 12.7. The van der Waals surface area contributed by atoms with Crippen molar-refractivity contribution in [2.45, 2.75) is 18.9 Å². The van der Waals surface area contributed by atoms with Gasteiger partial charge in [-0.15, -0.1) is 0 Å². The number of aromatic nitrogens is 4. The minimum absolute atomic E-state index is 0.319. The number of hydrogen-bond acceptors (Lipinski definition) is 8. The molecule has 3 aromatic rings. The maximum Gasteiger partial charge on any atom is 0.229 e. The van der Waals surface area contributed by atoms with Crippen molar-refractivity contribution < 1.29 is 9.30 Å². The lowest BCUT2D eigenvalue weighted by Gasteiger charge is -2.32. The minimum atomic E-state index is -2.48. The van der Waals surface area contributed by atoms with Gasteiger partial charge >= 0.3 is 0 Å². The highest BCUT2D eigenvalue weighted by Gasteiger charge is 2.22. The number of hydrogen-bond donors (Lipinski definition) is 2. The Morgan fingerprint density at radius 1 is 1.24 bits per heavy atom. The van der Waals surface area contributed by atoms with Crippen LogP contribution in [0.3, 0.4) is 0 Å². The molecule has 0 radical (unpaired) electrons. The van der Waals surface area contributed by atoms with Gasteiger partial charge in [-0.2, -0.15) is 10.1 Å². The number of anilines is 4. The predicted molar refractivity (Wildman–Crippen MR) is 138 cm³/mol. The Morgan fingerprint density at radius 2 is 2.06 bits per heavy atom. The topological polar surface area (TPSA) is 97.2 Å². The number of ether oxygens (including phenoxy) is 1. The minimum Gasteiger partial charge on any atom is -0.383 e. The molecule has 0 saturated carbocycles. The average molecular weight is 504 g/mol. The summed E-state index contributed by atoms with van der Waals surface area (Å²) in [6.07, 6.45) is 7.53. The van der Waals surface area contributed by atoms with Crippen LogP contribution in [-0.2, 0) is 9.30 Å². The predicted octanol–water partition coefficient (Wildman–Crippen LogP) is 4.35. The zero-order valence-corrected chi connectivity index (χ0v) is 21.4. The van der Waals surface area contributed by atoms with Crippen LogP contribution in [0.1, 0.15) is 18.9 Å². The summed E-state index contributed by atoms with van der Waals surface area (Å²) >= 11 is 6.36. The molecular weight excluding hydrogens is 473 g/mol. The highest BCUT2D eigenvalue weighted by atomic mass is 35.5. The Kier molecular flexibility index (Phi) is 7.88. The van der Waals surface area contributed by atoms with Crippen molar-refractivity contribution in [2.24, 2.45) is 0 Å². The van der Waals surface area contributed by atoms with Gasteiger partial charge in [0.15, 0.2) is 5.82 Å². The Balaban J connectivity index is 1.47. The summed E-state index contributed by atoms with van der Waals surface area (Å²) in [5.74, 6) is 0.832. The number of piperidine rings is 1. The number of benzene rings is 1. The van der Waals surface area contributed by atoms with E-state index in [0.29, 0.717) is 28.5 Å². The quantitative estimate of drug-likeness (QED) is 0.416. The molecule has 11 heteroatoms. The van der Waals surface area contributed by atoms with Gasteiger partial charge in [-0.25, -0.2) is 4.98 Å². The van der Waals surface area contributed by atoms with Gasteiger partial charge in [0.2, 0.25) is 5.95 Å². The number of methoxy groups -OCH3 is 1. The first-order valence-corrected chi connectivity index (χ1v) is 14.3. The smallest absolute Gasteiger partial charge is 0.229 e. The molecule has 1 aliphatic heterocycles. The second-order valence-corrected chi connectivity index (χ2v) is 12.4. The van der Waals surface area contributed by atoms with E-state index in [1.807, 2.05) is 35.1 Å². The summed E-state index contributed by atoms with van der Waals surface area (Å²) in [6, 6.07) is 7.79. The Morgan fingerprint density at radius 3 is 2.85 bits per heavy atom. The van der Waals surface area contributed by atoms with Gasteiger partial charge in [0, 0.05) is 31.7 Å². The van der Waals surface area contributed by atoms with Crippen LogP contribution in [0.5, 0.6) is 0 Å². The van der Waals surface area contributed by atoms with Gasteiger partial charge in [0.05, 0.1) is 36.4 Å². The van der Waals surface area contributed by atoms with Gasteiger partial charge in [-0.1, -0.05) is 23.7 Å². The molecule has 0 aliphatic carbocycles. The molecule has 2 aromatic heterocycles. The Bertz CT molecular complexity index is 1170. The largest absolute Gasteiger partial charge is 0.383 e. The second-order valence-electron chi connectivity index (χ2n) is 8.81. The van der Waals surface area contributed by atoms with Crippen molar-refractivity contribution in [2.75, 3.05) is 57.3 Å². The van der Waals surface area contributed by atoms with E-state index in [1.54, 1.807) is 32.8 Å². The number of likely N-dealkylation sites (tertiary alicyclic amines) is 1. The van der Waals surface area contributed by atoms with Crippen LogP contribution in [0, 0.1) is 0 Å². The summed E-state index contributed by atoms with van der Waals surface area (Å²) in [7, 11) is -0.749. The van der Waals surface area contributed by atoms with Gasteiger partial charge in [-0.3, -0.25) is 9.58 Å². The third-order valence-corrected chi connectivity index (χ3v) is 7.63. The average Bonchev–Trinajstić information content (AvgIpc) is 3.28. The van der Waals surface area contributed by atoms with E-state index in [4.69, 9.17) is 16.3 Å². The third kappa shape index (κ3) is 6.16. The monoisotopic (exact) mass is 503 g/mol. The Labute approximate surface area is 205 Å². The summed E-state index contributed by atoms with van der Waals surface area (Å²) in [5, 5.41) is 12.1. The molecule has 2 N–H and O–H groups in total. The number of rotatable bonds is 9. The van der Waals surface area contributed by atoms with Crippen LogP contribution in [0.25, 0.3) is 0 Å². The SMILES string of the molecule is COCCN1CCCC(n2cc(Nc3ncc(Cl)c(Nc4ccccc4P(C)(C)=O)n3)cn2)C1. The van der Waals surface area contributed by atoms with E-state index < -0.39 is 7.14 Å². The van der Waals surface area contributed by atoms with Crippen LogP contribution >= 0.6 is 18.7 Å². The van der Waals surface area contributed by atoms with Gasteiger partial charge in [-0.05, 0) is 44.8 Å². The first kappa shape index (κ1) is 24.7. The van der Waals surface area contributed by atoms with E-state index in [-0.39, 0.29) is 0 Å². The molecule has 1 aromatic carbocycles. The summed E-state index contributed by atoms with van der Waals surface area (Å²) in [4.78, 5) is 11.3. The molecule has 0 bridgehead atoms. The van der Waals surface area contributed by atoms with Crippen LogP contribution in [0.2, 0.25) is 5.02 Å². The van der Waals surface area contributed by atoms with Crippen molar-refractivity contribution in [1.29, 1.82) is 0 Å². The Hall–Kier alpha value is -2.45. The van der Waals surface area contributed by atoms with Gasteiger partial charge in [0.25, 0.3) is 0 Å². The van der Waals surface area contributed by atoms with Gasteiger partial charge < -0.3 is 19.9 Å². The zero-order chi connectivity index (χ0) is 24.1.